The Kier molecular flexibility index (Phi) is 12.1. The zero-order valence-electron chi connectivity index (χ0n) is 22.7. The number of hydrogen-bond acceptors (Lipinski definition) is 7. The van der Waals surface area contributed by atoms with E-state index in [1.54, 1.807) is 4.90 Å². The Morgan fingerprint density at radius 3 is 2.74 bits per heavy atom. The van der Waals surface area contributed by atoms with E-state index >= 15 is 0 Å². The number of nitrogens with zero attached hydrogens (tertiary/aromatic N) is 3. The fourth-order valence-corrected chi connectivity index (χ4v) is 4.27. The summed E-state index contributed by atoms with van der Waals surface area (Å²) in [5, 5.41) is 16.0. The molecular formula is C27H41F3N8O. The van der Waals surface area contributed by atoms with E-state index in [9.17, 15) is 18.0 Å². The van der Waals surface area contributed by atoms with Crippen molar-refractivity contribution in [1.29, 1.82) is 0 Å². The van der Waals surface area contributed by atoms with Gasteiger partial charge in [0.15, 0.2) is 0 Å². The molecule has 0 bridgehead atoms. The summed E-state index contributed by atoms with van der Waals surface area (Å²) in [7, 11) is 0. The molecule has 2 aliphatic rings. The van der Waals surface area contributed by atoms with Crippen molar-refractivity contribution >= 4 is 29.8 Å². The van der Waals surface area contributed by atoms with Gasteiger partial charge in [0.2, 0.25) is 5.91 Å². The van der Waals surface area contributed by atoms with E-state index in [2.05, 4.69) is 43.3 Å². The van der Waals surface area contributed by atoms with Crippen LogP contribution in [0.1, 0.15) is 38.2 Å². The van der Waals surface area contributed by atoms with Crippen LogP contribution in [0.15, 0.2) is 40.0 Å². The second kappa shape index (κ2) is 15.5. The molecule has 1 saturated heterocycles. The minimum atomic E-state index is -4.66. The molecule has 2 fully saturated rings. The molecule has 3 rings (SSSR count). The second-order valence-electron chi connectivity index (χ2n) is 9.61. The average molecular weight is 551 g/mol. The molecule has 0 atom stereocenters. The van der Waals surface area contributed by atoms with Crippen LogP contribution >= 0.6 is 0 Å². The van der Waals surface area contributed by atoms with Gasteiger partial charge in [0, 0.05) is 75.9 Å². The van der Waals surface area contributed by atoms with Crippen molar-refractivity contribution in [3.63, 3.8) is 0 Å². The second-order valence-corrected chi connectivity index (χ2v) is 9.61. The van der Waals surface area contributed by atoms with E-state index in [0.717, 1.165) is 36.4 Å². The van der Waals surface area contributed by atoms with Crippen LogP contribution in [0.2, 0.25) is 0 Å². The highest BCUT2D eigenvalue weighted by Gasteiger charge is 2.37. The third kappa shape index (κ3) is 10.5. The van der Waals surface area contributed by atoms with E-state index in [0.29, 0.717) is 51.3 Å². The SMILES string of the molecule is C=N/C=C(\C(=N/CNc1ccc(NCCNC2CC2)cc1CC)NCCCN1CCNCCC1=O)C(F)(F)F. The van der Waals surface area contributed by atoms with Gasteiger partial charge in [-0.3, -0.25) is 9.79 Å². The van der Waals surface area contributed by atoms with Gasteiger partial charge in [0.25, 0.3) is 0 Å². The van der Waals surface area contributed by atoms with Gasteiger partial charge in [-0.05, 0) is 56.2 Å². The number of hydrogen-bond donors (Lipinski definition) is 5. The summed E-state index contributed by atoms with van der Waals surface area (Å²) in [5.41, 5.74) is 1.86. The zero-order valence-corrected chi connectivity index (χ0v) is 22.7. The van der Waals surface area contributed by atoms with Crippen LogP contribution in [-0.4, -0.2) is 88.1 Å². The Bertz CT molecular complexity index is 1010. The highest BCUT2D eigenvalue weighted by Crippen LogP contribution is 2.27. The van der Waals surface area contributed by atoms with Crippen LogP contribution in [-0.2, 0) is 11.2 Å². The van der Waals surface area contributed by atoms with E-state index in [4.69, 9.17) is 0 Å². The van der Waals surface area contributed by atoms with Gasteiger partial charge in [0.05, 0.1) is 0 Å². The highest BCUT2D eigenvalue weighted by atomic mass is 19.4. The van der Waals surface area contributed by atoms with Crippen molar-refractivity contribution in [3.05, 3.63) is 35.5 Å². The first-order chi connectivity index (χ1) is 18.8. The summed E-state index contributed by atoms with van der Waals surface area (Å²) in [6, 6.07) is 6.58. The number of carbonyl (C=O) groups excluding carboxylic acids is 1. The van der Waals surface area contributed by atoms with Crippen molar-refractivity contribution in [1.82, 2.24) is 20.9 Å². The van der Waals surface area contributed by atoms with Crippen LogP contribution in [0, 0.1) is 0 Å². The molecule has 5 N–H and O–H groups in total. The quantitative estimate of drug-likeness (QED) is 0.131. The number of benzene rings is 1. The number of alkyl halides is 3. The number of aliphatic imine (C=N–C) groups is 2. The Morgan fingerprint density at radius 2 is 2.03 bits per heavy atom. The van der Waals surface area contributed by atoms with Crippen molar-refractivity contribution < 1.29 is 18.0 Å². The summed E-state index contributed by atoms with van der Waals surface area (Å²) >= 11 is 0. The molecular weight excluding hydrogens is 509 g/mol. The number of rotatable bonds is 15. The van der Waals surface area contributed by atoms with E-state index in [-0.39, 0.29) is 25.0 Å². The van der Waals surface area contributed by atoms with Crippen LogP contribution in [0.25, 0.3) is 0 Å². The monoisotopic (exact) mass is 550 g/mol. The standard InChI is InChI=1S/C27H41F3N8O/c1-3-20-17-22(34-13-12-33-21-5-6-21)7-8-24(20)36-19-37-26(23(18-31-2)27(28,29)30)35-10-4-15-38-16-14-32-11-9-25(38)39/h7-8,17-18,21,32-34,36H,2-6,9-16,19H2,1H3,(H,35,37)/b23-18+. The molecule has 0 unspecified atom stereocenters. The minimum Gasteiger partial charge on any atom is -0.384 e. The van der Waals surface area contributed by atoms with Gasteiger partial charge in [-0.2, -0.15) is 13.2 Å². The van der Waals surface area contributed by atoms with Crippen molar-refractivity contribution in [2.24, 2.45) is 9.98 Å². The van der Waals surface area contributed by atoms with Gasteiger partial charge in [-0.25, -0.2) is 4.99 Å². The highest BCUT2D eigenvalue weighted by molar-refractivity contribution is 5.99. The normalized spacial score (nSPS) is 17.1. The lowest BCUT2D eigenvalue weighted by Crippen LogP contribution is -2.37. The molecule has 0 spiro atoms. The van der Waals surface area contributed by atoms with Crippen LogP contribution < -0.4 is 26.6 Å². The van der Waals surface area contributed by atoms with Gasteiger partial charge in [-0.1, -0.05) is 6.92 Å². The first-order valence-corrected chi connectivity index (χ1v) is 13.7. The minimum absolute atomic E-state index is 0.0488. The number of halogens is 3. The van der Waals surface area contributed by atoms with Crippen LogP contribution in [0.3, 0.4) is 0 Å². The predicted octanol–water partition coefficient (Wildman–Crippen LogP) is 3.13. The molecule has 1 amide bonds. The maximum atomic E-state index is 13.8. The Balaban J connectivity index is 1.59. The summed E-state index contributed by atoms with van der Waals surface area (Å²) in [6.45, 7) is 9.48. The number of nitrogens with one attached hydrogen (secondary N) is 5. The fraction of sp³-hybridized carbons (Fsp3) is 0.593. The smallest absolute Gasteiger partial charge is 0.384 e. The molecule has 1 heterocycles. The van der Waals surface area contributed by atoms with Gasteiger partial charge < -0.3 is 31.5 Å². The van der Waals surface area contributed by atoms with E-state index in [1.807, 2.05) is 25.1 Å². The van der Waals surface area contributed by atoms with E-state index in [1.165, 1.54) is 12.8 Å². The molecule has 9 nitrogen and oxygen atoms in total. The lowest BCUT2D eigenvalue weighted by atomic mass is 10.1. The van der Waals surface area contributed by atoms with Crippen LogP contribution in [0.4, 0.5) is 24.5 Å². The number of amidine groups is 1. The lowest BCUT2D eigenvalue weighted by Gasteiger charge is -2.21. The first kappa shape index (κ1) is 30.4. The van der Waals surface area contributed by atoms with Gasteiger partial charge in [0.1, 0.15) is 18.1 Å². The number of anilines is 2. The van der Waals surface area contributed by atoms with Crippen molar-refractivity contribution in [2.45, 2.75) is 51.2 Å². The average Bonchev–Trinajstić information content (AvgIpc) is 3.75. The Hall–Kier alpha value is -3.12. The van der Waals surface area contributed by atoms with Gasteiger partial charge >= 0.3 is 6.18 Å². The molecule has 1 aromatic rings. The number of carbonyl (C=O) groups is 1. The van der Waals surface area contributed by atoms with Crippen molar-refractivity contribution in [3.8, 4) is 0 Å². The Labute approximate surface area is 228 Å². The molecule has 0 radical (unpaired) electrons. The summed E-state index contributed by atoms with van der Waals surface area (Å²) in [5.74, 6) is -0.265. The fourth-order valence-electron chi connectivity index (χ4n) is 4.27. The molecule has 216 valence electrons. The maximum Gasteiger partial charge on any atom is 0.421 e. The lowest BCUT2D eigenvalue weighted by molar-refractivity contribution is -0.130. The van der Waals surface area contributed by atoms with E-state index < -0.39 is 11.7 Å². The molecule has 1 aliphatic heterocycles. The molecule has 0 aromatic heterocycles. The molecule has 1 aliphatic carbocycles. The summed E-state index contributed by atoms with van der Waals surface area (Å²) in [6.07, 6.45) is 0.180. The summed E-state index contributed by atoms with van der Waals surface area (Å²) < 4.78 is 41.3. The number of amides is 1. The molecule has 1 saturated carbocycles. The van der Waals surface area contributed by atoms with Crippen LogP contribution in [0.5, 0.6) is 0 Å². The number of aryl methyl sites for hydroxylation is 1. The largest absolute Gasteiger partial charge is 0.421 e. The van der Waals surface area contributed by atoms with Crippen molar-refractivity contribution in [2.75, 3.05) is 63.1 Å². The topological polar surface area (TPSA) is 105 Å². The third-order valence-corrected chi connectivity index (χ3v) is 6.56. The maximum absolute atomic E-state index is 13.8. The molecule has 39 heavy (non-hydrogen) atoms. The summed E-state index contributed by atoms with van der Waals surface area (Å²) in [4.78, 5) is 21.4. The van der Waals surface area contributed by atoms with Gasteiger partial charge in [-0.15, -0.1) is 0 Å². The molecule has 12 heteroatoms. The Morgan fingerprint density at radius 1 is 1.21 bits per heavy atom. The predicted molar refractivity (Wildman–Crippen MR) is 152 cm³/mol. The zero-order chi connectivity index (χ0) is 28.1. The third-order valence-electron chi connectivity index (χ3n) is 6.56. The first-order valence-electron chi connectivity index (χ1n) is 13.7. The molecule has 1 aromatic carbocycles.